The average Bonchev–Trinajstić information content (AvgIpc) is 3.54. The van der Waals surface area contributed by atoms with Crippen LogP contribution in [0.4, 0.5) is 0 Å². The number of hydrogen-bond acceptors (Lipinski definition) is 4. The fraction of sp³-hybridized carbons (Fsp3) is 0.226. The van der Waals surface area contributed by atoms with Gasteiger partial charge in [0.1, 0.15) is 6.26 Å². The number of aromatic nitrogens is 2. The number of oxazole rings is 1. The lowest BCUT2D eigenvalue weighted by Crippen LogP contribution is -2.27. The van der Waals surface area contributed by atoms with Gasteiger partial charge in [-0.25, -0.2) is 4.98 Å². The van der Waals surface area contributed by atoms with Crippen LogP contribution in [-0.2, 0) is 26.1 Å². The number of hydrogen-bond donors (Lipinski definition) is 1. The molecule has 0 aliphatic carbocycles. The largest absolute Gasteiger partial charge is 0.447 e. The van der Waals surface area contributed by atoms with E-state index < -0.39 is 0 Å². The predicted molar refractivity (Wildman–Crippen MR) is 146 cm³/mol. The maximum atomic E-state index is 13.0. The quantitative estimate of drug-likeness (QED) is 0.260. The minimum Gasteiger partial charge on any atom is -0.447 e. The molecule has 1 N–H and O–H groups in total. The summed E-state index contributed by atoms with van der Waals surface area (Å²) in [6.07, 6.45) is 4.46. The first kappa shape index (κ1) is 24.5. The number of carbonyl (C=O) groups excluding carboxylic acids is 1. The van der Waals surface area contributed by atoms with Gasteiger partial charge in [0.25, 0.3) is 5.91 Å². The summed E-state index contributed by atoms with van der Waals surface area (Å²) in [6, 6.07) is 26.9. The summed E-state index contributed by atoms with van der Waals surface area (Å²) in [5, 5.41) is 1.25. The minimum absolute atomic E-state index is 0.150. The van der Waals surface area contributed by atoms with E-state index in [9.17, 15) is 4.79 Å². The van der Waals surface area contributed by atoms with Crippen LogP contribution in [0.3, 0.4) is 0 Å². The number of aryl methyl sites for hydroxylation is 1. The summed E-state index contributed by atoms with van der Waals surface area (Å²) in [6.45, 7) is 4.74. The highest BCUT2D eigenvalue weighted by Crippen LogP contribution is 2.20. The van der Waals surface area contributed by atoms with Gasteiger partial charge in [0.15, 0.2) is 5.69 Å². The second-order valence-corrected chi connectivity index (χ2v) is 9.58. The molecule has 6 heteroatoms. The van der Waals surface area contributed by atoms with Crippen molar-refractivity contribution in [1.29, 1.82) is 0 Å². The van der Waals surface area contributed by atoms with E-state index in [-0.39, 0.29) is 5.91 Å². The van der Waals surface area contributed by atoms with Gasteiger partial charge in [0, 0.05) is 43.8 Å². The Morgan fingerprint density at radius 3 is 2.54 bits per heavy atom. The predicted octanol–water partition coefficient (Wildman–Crippen LogP) is 5.98. The van der Waals surface area contributed by atoms with Gasteiger partial charge >= 0.3 is 0 Å². The van der Waals surface area contributed by atoms with Crippen LogP contribution in [0.15, 0.2) is 95.7 Å². The number of nitrogens with one attached hydrogen (secondary N) is 1. The molecule has 0 aliphatic heterocycles. The van der Waals surface area contributed by atoms with Crippen LogP contribution in [0.25, 0.3) is 10.9 Å². The van der Waals surface area contributed by atoms with Gasteiger partial charge in [-0.1, -0.05) is 78.4 Å². The Labute approximate surface area is 217 Å². The Hall–Kier alpha value is -4.16. The lowest BCUT2D eigenvalue weighted by Gasteiger charge is -2.21. The van der Waals surface area contributed by atoms with E-state index in [2.05, 4.69) is 70.5 Å². The fourth-order valence-corrected chi connectivity index (χ4v) is 4.70. The molecule has 0 atom stereocenters. The average molecular weight is 493 g/mol. The van der Waals surface area contributed by atoms with Gasteiger partial charge in [0.05, 0.1) is 6.54 Å². The van der Waals surface area contributed by atoms with Gasteiger partial charge in [0.2, 0.25) is 5.89 Å². The zero-order valence-corrected chi connectivity index (χ0v) is 21.4. The highest BCUT2D eigenvalue weighted by Gasteiger charge is 2.19. The normalized spacial score (nSPS) is 11.3. The van der Waals surface area contributed by atoms with E-state index in [1.807, 2.05) is 36.4 Å². The van der Waals surface area contributed by atoms with E-state index in [0.29, 0.717) is 24.7 Å². The minimum atomic E-state index is -0.150. The van der Waals surface area contributed by atoms with Gasteiger partial charge in [-0.15, -0.1) is 0 Å². The number of H-pyrrole nitrogens is 1. The van der Waals surface area contributed by atoms with Gasteiger partial charge in [-0.3, -0.25) is 9.69 Å². The fourth-order valence-electron chi connectivity index (χ4n) is 4.70. The summed E-state index contributed by atoms with van der Waals surface area (Å²) in [5.74, 6) is 0.394. The maximum Gasteiger partial charge on any atom is 0.275 e. The number of fused-ring (bicyclic) bond motifs is 1. The van der Waals surface area contributed by atoms with Gasteiger partial charge < -0.3 is 14.3 Å². The van der Waals surface area contributed by atoms with Crippen molar-refractivity contribution in [3.05, 3.63) is 125 Å². The van der Waals surface area contributed by atoms with E-state index in [1.165, 1.54) is 28.3 Å². The number of nitrogens with zero attached hydrogens (tertiary/aromatic N) is 3. The Morgan fingerprint density at radius 1 is 0.919 bits per heavy atom. The molecule has 0 unspecified atom stereocenters. The molecule has 5 aromatic rings. The first-order valence-corrected chi connectivity index (χ1v) is 12.6. The standard InChI is InChI=1S/C31H32N4O2/c1-23-9-8-12-25(17-23)20-35(16-15-26-18-32-28-14-7-6-13-27(26)28)21-30-33-29(22-37-30)31(36)34(2)19-24-10-4-3-5-11-24/h3-14,17-18,22,32H,15-16,19-21H2,1-2H3. The molecule has 0 fully saturated rings. The van der Waals surface area contributed by atoms with Crippen LogP contribution in [0.5, 0.6) is 0 Å². The second kappa shape index (κ2) is 11.3. The summed E-state index contributed by atoms with van der Waals surface area (Å²) < 4.78 is 5.78. The van der Waals surface area contributed by atoms with Crippen LogP contribution in [0, 0.1) is 6.92 Å². The van der Waals surface area contributed by atoms with Crippen molar-refractivity contribution in [1.82, 2.24) is 19.8 Å². The second-order valence-electron chi connectivity index (χ2n) is 9.58. The van der Waals surface area contributed by atoms with Crippen molar-refractivity contribution in [3.63, 3.8) is 0 Å². The van der Waals surface area contributed by atoms with E-state index in [4.69, 9.17) is 4.42 Å². The topological polar surface area (TPSA) is 65.4 Å². The van der Waals surface area contributed by atoms with Crippen molar-refractivity contribution >= 4 is 16.8 Å². The lowest BCUT2D eigenvalue weighted by atomic mass is 10.1. The zero-order chi connectivity index (χ0) is 25.6. The van der Waals surface area contributed by atoms with Crippen molar-refractivity contribution in [2.45, 2.75) is 33.0 Å². The molecule has 0 radical (unpaired) electrons. The number of rotatable bonds is 10. The lowest BCUT2D eigenvalue weighted by molar-refractivity contribution is 0.0779. The van der Waals surface area contributed by atoms with Crippen molar-refractivity contribution in [2.24, 2.45) is 0 Å². The molecule has 0 spiro atoms. The van der Waals surface area contributed by atoms with Crippen LogP contribution in [0.2, 0.25) is 0 Å². The Bertz CT molecular complexity index is 1470. The molecule has 0 bridgehead atoms. The van der Waals surface area contributed by atoms with E-state index >= 15 is 0 Å². The molecule has 3 aromatic carbocycles. The Morgan fingerprint density at radius 2 is 1.70 bits per heavy atom. The zero-order valence-electron chi connectivity index (χ0n) is 21.4. The van der Waals surface area contributed by atoms with Gasteiger partial charge in [-0.05, 0) is 36.1 Å². The first-order chi connectivity index (χ1) is 18.0. The van der Waals surface area contributed by atoms with Gasteiger partial charge in [-0.2, -0.15) is 0 Å². The molecule has 5 rings (SSSR count). The van der Waals surface area contributed by atoms with Crippen LogP contribution < -0.4 is 0 Å². The Kier molecular flexibility index (Phi) is 7.47. The van der Waals surface area contributed by atoms with Crippen LogP contribution >= 0.6 is 0 Å². The smallest absolute Gasteiger partial charge is 0.275 e. The molecule has 0 saturated heterocycles. The highest BCUT2D eigenvalue weighted by molar-refractivity contribution is 5.91. The number of amides is 1. The van der Waals surface area contributed by atoms with Crippen molar-refractivity contribution in [2.75, 3.05) is 13.6 Å². The van der Waals surface area contributed by atoms with Crippen LogP contribution in [0.1, 0.15) is 38.6 Å². The SMILES string of the molecule is Cc1cccc(CN(CCc2c[nH]c3ccccc23)Cc2nc(C(=O)N(C)Cc3ccccc3)co2)c1. The molecule has 37 heavy (non-hydrogen) atoms. The maximum absolute atomic E-state index is 13.0. The third kappa shape index (κ3) is 6.16. The Balaban J connectivity index is 1.29. The third-order valence-corrected chi connectivity index (χ3v) is 6.60. The van der Waals surface area contributed by atoms with Crippen molar-refractivity contribution < 1.29 is 9.21 Å². The number of carbonyl (C=O) groups is 1. The van der Waals surface area contributed by atoms with Crippen LogP contribution in [-0.4, -0.2) is 39.3 Å². The summed E-state index contributed by atoms with van der Waals surface area (Å²) >= 11 is 0. The number of para-hydroxylation sites is 1. The third-order valence-electron chi connectivity index (χ3n) is 6.60. The molecule has 188 valence electrons. The summed E-state index contributed by atoms with van der Waals surface area (Å²) in [7, 11) is 1.79. The summed E-state index contributed by atoms with van der Waals surface area (Å²) in [4.78, 5) is 24.9. The molecular formula is C31H32N4O2. The highest BCUT2D eigenvalue weighted by atomic mass is 16.3. The van der Waals surface area contributed by atoms with E-state index in [0.717, 1.165) is 30.6 Å². The van der Waals surface area contributed by atoms with E-state index in [1.54, 1.807) is 11.9 Å². The first-order valence-electron chi connectivity index (χ1n) is 12.6. The van der Waals surface area contributed by atoms with Crippen molar-refractivity contribution in [3.8, 4) is 0 Å². The molecule has 2 aromatic heterocycles. The number of aromatic amines is 1. The molecule has 2 heterocycles. The summed E-state index contributed by atoms with van der Waals surface area (Å²) in [5.41, 5.74) is 6.32. The molecule has 6 nitrogen and oxygen atoms in total. The molecule has 0 aliphatic rings. The molecular weight excluding hydrogens is 460 g/mol. The molecule has 1 amide bonds. The molecule has 0 saturated carbocycles. The number of benzene rings is 3. The monoisotopic (exact) mass is 492 g/mol.